The van der Waals surface area contributed by atoms with E-state index in [1.807, 2.05) is 13.8 Å². The van der Waals surface area contributed by atoms with Crippen LogP contribution in [0.5, 0.6) is 0 Å². The van der Waals surface area contributed by atoms with Crippen molar-refractivity contribution in [1.29, 1.82) is 0 Å². The number of fused-ring (bicyclic) bond motifs is 1. The molecule has 3 atom stereocenters. The van der Waals surface area contributed by atoms with Crippen LogP contribution in [0.25, 0.3) is 0 Å². The number of aromatic nitrogens is 1. The van der Waals surface area contributed by atoms with E-state index in [9.17, 15) is 24.4 Å². The molecule has 35 heavy (non-hydrogen) atoms. The van der Waals surface area contributed by atoms with Crippen LogP contribution in [-0.2, 0) is 33.4 Å². The monoisotopic (exact) mass is 529 g/mol. The predicted octanol–water partition coefficient (Wildman–Crippen LogP) is 0.0263. The molecule has 15 heteroatoms. The maximum Gasteiger partial charge on any atom is 0.319 e. The summed E-state index contributed by atoms with van der Waals surface area (Å²) < 4.78 is 15.4. The summed E-state index contributed by atoms with van der Waals surface area (Å²) in [5.41, 5.74) is 4.11. The number of nitrogens with one attached hydrogen (secondary N) is 1. The van der Waals surface area contributed by atoms with E-state index in [2.05, 4.69) is 15.5 Å². The van der Waals surface area contributed by atoms with Crippen LogP contribution in [0.15, 0.2) is 10.5 Å². The Labute approximate surface area is 209 Å². The number of oxime groups is 1. The zero-order chi connectivity index (χ0) is 25.8. The van der Waals surface area contributed by atoms with E-state index in [1.165, 1.54) is 29.2 Å². The average Bonchev–Trinajstić information content (AvgIpc) is 3.23. The molecule has 0 bridgehead atoms. The van der Waals surface area contributed by atoms with Crippen LogP contribution in [0.4, 0.5) is 5.13 Å². The molecule has 2 aliphatic rings. The van der Waals surface area contributed by atoms with Crippen LogP contribution in [0.1, 0.15) is 26.0 Å². The third kappa shape index (κ3) is 5.85. The van der Waals surface area contributed by atoms with Crippen LogP contribution in [0.2, 0.25) is 0 Å². The molecule has 3 heterocycles. The van der Waals surface area contributed by atoms with Gasteiger partial charge < -0.3 is 35.4 Å². The van der Waals surface area contributed by atoms with Gasteiger partial charge in [-0.15, -0.1) is 23.1 Å². The first-order chi connectivity index (χ1) is 16.6. The summed E-state index contributed by atoms with van der Waals surface area (Å²) in [5, 5.41) is 16.0. The van der Waals surface area contributed by atoms with Crippen molar-refractivity contribution in [3.8, 4) is 0 Å². The zero-order valence-electron chi connectivity index (χ0n) is 19.4. The molecule has 2 fully saturated rings. The molecule has 192 valence electrons. The van der Waals surface area contributed by atoms with Crippen LogP contribution in [0.3, 0.4) is 0 Å². The number of esters is 2. The number of nitrogen functional groups attached to an aromatic ring is 1. The Hall–Kier alpha value is -2.91. The lowest BCUT2D eigenvalue weighted by atomic mass is 9.88. The molecule has 2 unspecified atom stereocenters. The lowest BCUT2D eigenvalue weighted by molar-refractivity contribution is -0.179. The molecule has 2 amide bonds. The number of nitrogens with zero attached hydrogens (tertiary/aromatic N) is 3. The first kappa shape index (κ1) is 26.7. The van der Waals surface area contributed by atoms with Gasteiger partial charge >= 0.3 is 11.9 Å². The van der Waals surface area contributed by atoms with Gasteiger partial charge in [0, 0.05) is 31.2 Å². The van der Waals surface area contributed by atoms with Gasteiger partial charge in [0.1, 0.15) is 22.5 Å². The number of carbonyl (C=O) groups is 4. The number of methoxy groups -OCH3 is 1. The Kier molecular flexibility index (Phi) is 8.56. The second-order valence-corrected chi connectivity index (χ2v) is 10.5. The Morgan fingerprint density at radius 3 is 2.74 bits per heavy atom. The average molecular weight is 530 g/mol. The summed E-state index contributed by atoms with van der Waals surface area (Å²) in [6.45, 7) is 3.19. The van der Waals surface area contributed by atoms with E-state index in [1.54, 1.807) is 0 Å². The SMILES string of the molecule is COCC1(C(=O)OCOC(=O)CC(C)C)CS[C@@H]2C(NC(=O)C(=NO)c3csc(N)n3)C(=O)N2C1. The highest BCUT2D eigenvalue weighted by Crippen LogP contribution is 2.43. The van der Waals surface area contributed by atoms with E-state index < -0.39 is 47.4 Å². The van der Waals surface area contributed by atoms with Crippen molar-refractivity contribution in [3.05, 3.63) is 11.1 Å². The van der Waals surface area contributed by atoms with E-state index >= 15 is 0 Å². The van der Waals surface area contributed by atoms with Crippen molar-refractivity contribution in [2.45, 2.75) is 31.7 Å². The second-order valence-electron chi connectivity index (χ2n) is 8.52. The van der Waals surface area contributed by atoms with Crippen molar-refractivity contribution < 1.29 is 38.6 Å². The third-order valence-electron chi connectivity index (χ3n) is 5.35. The topological polar surface area (TPSA) is 183 Å². The molecule has 0 spiro atoms. The molecule has 0 aliphatic carbocycles. The summed E-state index contributed by atoms with van der Waals surface area (Å²) in [5.74, 6) is -1.98. The fourth-order valence-corrected chi connectivity index (χ4v) is 5.75. The number of ether oxygens (including phenoxy) is 3. The molecule has 1 aromatic heterocycles. The Morgan fingerprint density at radius 1 is 1.40 bits per heavy atom. The molecule has 13 nitrogen and oxygen atoms in total. The van der Waals surface area contributed by atoms with Gasteiger partial charge in [-0.3, -0.25) is 19.2 Å². The number of hydrogen-bond donors (Lipinski definition) is 3. The van der Waals surface area contributed by atoms with Crippen LogP contribution >= 0.6 is 23.1 Å². The quantitative estimate of drug-likeness (QED) is 0.0928. The number of anilines is 1. The Morgan fingerprint density at radius 2 is 2.14 bits per heavy atom. The van der Waals surface area contributed by atoms with Gasteiger partial charge in [-0.2, -0.15) is 0 Å². The van der Waals surface area contributed by atoms with Gasteiger partial charge in [0.25, 0.3) is 5.91 Å². The molecule has 0 aromatic carbocycles. The van der Waals surface area contributed by atoms with Gasteiger partial charge in [0.2, 0.25) is 12.7 Å². The highest BCUT2D eigenvalue weighted by molar-refractivity contribution is 8.00. The highest BCUT2D eigenvalue weighted by Gasteiger charge is 2.58. The molecule has 3 rings (SSSR count). The zero-order valence-corrected chi connectivity index (χ0v) is 21.0. The van der Waals surface area contributed by atoms with Crippen molar-refractivity contribution in [3.63, 3.8) is 0 Å². The molecule has 2 saturated heterocycles. The molecule has 0 saturated carbocycles. The number of carbonyl (C=O) groups excluding carboxylic acids is 4. The van der Waals surface area contributed by atoms with E-state index in [0.29, 0.717) is 0 Å². The lowest BCUT2D eigenvalue weighted by Crippen LogP contribution is -2.74. The van der Waals surface area contributed by atoms with Crippen molar-refractivity contribution >= 4 is 57.7 Å². The summed E-state index contributed by atoms with van der Waals surface area (Å²) in [6, 6.07) is -0.881. The van der Waals surface area contributed by atoms with Crippen LogP contribution in [-0.4, -0.2) is 88.8 Å². The first-order valence-corrected chi connectivity index (χ1v) is 12.5. The predicted molar refractivity (Wildman–Crippen MR) is 126 cm³/mol. The first-order valence-electron chi connectivity index (χ1n) is 10.6. The summed E-state index contributed by atoms with van der Waals surface area (Å²) in [7, 11) is 1.43. The number of hydrogen-bond acceptors (Lipinski definition) is 13. The van der Waals surface area contributed by atoms with Gasteiger partial charge in [-0.05, 0) is 5.92 Å². The molecule has 4 N–H and O–H groups in total. The van der Waals surface area contributed by atoms with Gasteiger partial charge in [-0.25, -0.2) is 4.98 Å². The number of amides is 2. The largest absolute Gasteiger partial charge is 0.428 e. The molecule has 2 aliphatic heterocycles. The number of thiazole rings is 1. The number of nitrogens with two attached hydrogens (primary N) is 1. The standard InChI is InChI=1S/C20H27N5O8S2/c1-10(2)4-12(26)32-9-33-18(29)20(7-31-3)6-25-16(28)14(17(25)35-8-20)23-15(27)13(24-30)11-5-34-19(21)22-11/h5,10,14,17,30H,4,6-9H2,1-3H3,(H2,21,22)(H,23,27)/t14?,17-,20?/m1/s1. The van der Waals surface area contributed by atoms with Crippen molar-refractivity contribution in [2.75, 3.05) is 38.5 Å². The fourth-order valence-electron chi connectivity index (χ4n) is 3.69. The normalized spacial score (nSPS) is 23.9. The molecule has 0 radical (unpaired) electrons. The van der Waals surface area contributed by atoms with Crippen LogP contribution in [0, 0.1) is 11.3 Å². The lowest BCUT2D eigenvalue weighted by Gasteiger charge is -2.53. The molecule has 1 aromatic rings. The smallest absolute Gasteiger partial charge is 0.319 e. The maximum atomic E-state index is 12.9. The van der Waals surface area contributed by atoms with E-state index in [-0.39, 0.29) is 47.8 Å². The summed E-state index contributed by atoms with van der Waals surface area (Å²) in [6.07, 6.45) is 0.201. The number of thioether (sulfide) groups is 1. The minimum absolute atomic E-state index is 0.00600. The Bertz CT molecular complexity index is 1020. The van der Waals surface area contributed by atoms with Crippen LogP contribution < -0.4 is 11.1 Å². The minimum atomic E-state index is -1.17. The summed E-state index contributed by atoms with van der Waals surface area (Å²) >= 11 is 2.35. The second kappa shape index (κ2) is 11.2. The van der Waals surface area contributed by atoms with Gasteiger partial charge in [-0.1, -0.05) is 19.0 Å². The minimum Gasteiger partial charge on any atom is -0.428 e. The molecular weight excluding hydrogens is 502 g/mol. The number of rotatable bonds is 10. The summed E-state index contributed by atoms with van der Waals surface area (Å²) in [4.78, 5) is 55.3. The van der Waals surface area contributed by atoms with Gasteiger partial charge in [0.05, 0.1) is 6.61 Å². The fraction of sp³-hybridized carbons (Fsp3) is 0.600. The number of β-lactam (4-membered cyclic amide) rings is 1. The van der Waals surface area contributed by atoms with Crippen molar-refractivity contribution in [1.82, 2.24) is 15.2 Å². The van der Waals surface area contributed by atoms with E-state index in [0.717, 1.165) is 11.3 Å². The molecular formula is C20H27N5O8S2. The van der Waals surface area contributed by atoms with Crippen molar-refractivity contribution in [2.24, 2.45) is 16.5 Å². The Balaban J connectivity index is 1.60. The maximum absolute atomic E-state index is 12.9. The van der Waals surface area contributed by atoms with Gasteiger partial charge in [0.15, 0.2) is 10.8 Å². The highest BCUT2D eigenvalue weighted by atomic mass is 32.2. The van der Waals surface area contributed by atoms with E-state index in [4.69, 9.17) is 19.9 Å². The third-order valence-corrected chi connectivity index (χ3v) is 7.61.